The van der Waals surface area contributed by atoms with E-state index in [1.54, 1.807) is 7.11 Å². The number of aliphatic imine (C=N–C) groups is 1. The zero-order valence-electron chi connectivity index (χ0n) is 9.08. The van der Waals surface area contributed by atoms with Gasteiger partial charge in [0.2, 0.25) is 0 Å². The Morgan fingerprint density at radius 2 is 2.36 bits per heavy atom. The summed E-state index contributed by atoms with van der Waals surface area (Å²) in [5.41, 5.74) is 0. The van der Waals surface area contributed by atoms with E-state index in [9.17, 15) is 0 Å². The minimum Gasteiger partial charge on any atom is -0.385 e. The fourth-order valence-corrected chi connectivity index (χ4v) is 2.26. The third-order valence-electron chi connectivity index (χ3n) is 2.10. The van der Waals surface area contributed by atoms with Crippen molar-refractivity contribution in [2.24, 2.45) is 4.99 Å². The molecule has 4 heteroatoms. The van der Waals surface area contributed by atoms with Gasteiger partial charge in [-0.25, -0.2) is 0 Å². The summed E-state index contributed by atoms with van der Waals surface area (Å²) in [7, 11) is 1.75. The summed E-state index contributed by atoms with van der Waals surface area (Å²) in [4.78, 5) is 4.50. The van der Waals surface area contributed by atoms with Crippen molar-refractivity contribution in [3.63, 3.8) is 0 Å². The lowest BCUT2D eigenvalue weighted by atomic mass is 10.2. The summed E-state index contributed by atoms with van der Waals surface area (Å²) < 4.78 is 4.98. The van der Waals surface area contributed by atoms with Crippen molar-refractivity contribution in [1.29, 1.82) is 0 Å². The molecule has 0 radical (unpaired) electrons. The summed E-state index contributed by atoms with van der Waals surface area (Å²) in [6.45, 7) is 4.01. The molecule has 1 heterocycles. The van der Waals surface area contributed by atoms with Crippen molar-refractivity contribution in [2.45, 2.75) is 32.2 Å². The molecule has 1 unspecified atom stereocenters. The summed E-state index contributed by atoms with van der Waals surface area (Å²) in [6, 6.07) is 0.590. The number of ether oxygens (including phenoxy) is 1. The van der Waals surface area contributed by atoms with Gasteiger partial charge in [0.1, 0.15) is 0 Å². The molecule has 1 N–H and O–H groups in total. The number of hydrogen-bond donors (Lipinski definition) is 1. The number of nitrogens with one attached hydrogen (secondary N) is 1. The van der Waals surface area contributed by atoms with E-state index in [-0.39, 0.29) is 0 Å². The zero-order chi connectivity index (χ0) is 10.2. The smallest absolute Gasteiger partial charge is 0.156 e. The number of unbranched alkanes of at least 4 members (excludes halogenated alkanes) is 2. The van der Waals surface area contributed by atoms with Gasteiger partial charge in [0.15, 0.2) is 5.17 Å². The predicted octanol–water partition coefficient (Wildman–Crippen LogP) is 1.88. The molecule has 1 atom stereocenters. The number of methoxy groups -OCH3 is 1. The van der Waals surface area contributed by atoms with Gasteiger partial charge < -0.3 is 10.1 Å². The lowest BCUT2D eigenvalue weighted by molar-refractivity contribution is 0.192. The number of hydrogen-bond acceptors (Lipinski definition) is 3. The van der Waals surface area contributed by atoms with Crippen LogP contribution >= 0.6 is 11.8 Å². The van der Waals surface area contributed by atoms with Crippen molar-refractivity contribution in [2.75, 3.05) is 26.0 Å². The van der Waals surface area contributed by atoms with Crippen LogP contribution in [0.15, 0.2) is 4.99 Å². The van der Waals surface area contributed by atoms with E-state index in [0.717, 1.165) is 30.5 Å². The van der Waals surface area contributed by atoms with Gasteiger partial charge in [0, 0.05) is 32.1 Å². The molecule has 0 bridgehead atoms. The molecule has 0 aliphatic carbocycles. The molecule has 82 valence electrons. The Kier molecular flexibility index (Phi) is 6.03. The van der Waals surface area contributed by atoms with Gasteiger partial charge in [0.05, 0.1) is 0 Å². The maximum Gasteiger partial charge on any atom is 0.156 e. The van der Waals surface area contributed by atoms with Crippen LogP contribution < -0.4 is 5.32 Å². The topological polar surface area (TPSA) is 33.6 Å². The zero-order valence-corrected chi connectivity index (χ0v) is 9.90. The van der Waals surface area contributed by atoms with E-state index in [0.29, 0.717) is 6.04 Å². The molecule has 0 aromatic rings. The second-order valence-electron chi connectivity index (χ2n) is 3.60. The van der Waals surface area contributed by atoms with Gasteiger partial charge in [-0.1, -0.05) is 11.8 Å². The van der Waals surface area contributed by atoms with Crippen molar-refractivity contribution in [3.8, 4) is 0 Å². The highest BCUT2D eigenvalue weighted by molar-refractivity contribution is 8.14. The third kappa shape index (κ3) is 4.86. The Morgan fingerprint density at radius 3 is 3.00 bits per heavy atom. The standard InChI is InChI=1S/C10H20N2OS/c1-9-8-14-10(12-9)11-6-4-3-5-7-13-2/h9H,3-8H2,1-2H3,(H,11,12). The van der Waals surface area contributed by atoms with E-state index in [1.807, 2.05) is 11.8 Å². The quantitative estimate of drug-likeness (QED) is 0.688. The first-order valence-electron chi connectivity index (χ1n) is 5.25. The molecular formula is C10H20N2OS. The molecule has 3 nitrogen and oxygen atoms in total. The lowest BCUT2D eigenvalue weighted by Gasteiger charge is -2.01. The van der Waals surface area contributed by atoms with Gasteiger partial charge in [-0.2, -0.15) is 0 Å². The minimum atomic E-state index is 0.590. The maximum absolute atomic E-state index is 4.98. The molecule has 1 aliphatic heterocycles. The Labute approximate surface area is 90.7 Å². The van der Waals surface area contributed by atoms with Crippen molar-refractivity contribution >= 4 is 16.9 Å². The predicted molar refractivity (Wildman–Crippen MR) is 63.1 cm³/mol. The fourth-order valence-electron chi connectivity index (χ4n) is 1.30. The van der Waals surface area contributed by atoms with Crippen LogP contribution in [0.1, 0.15) is 26.2 Å². The average molecular weight is 216 g/mol. The van der Waals surface area contributed by atoms with Gasteiger partial charge in [0.25, 0.3) is 0 Å². The van der Waals surface area contributed by atoms with Gasteiger partial charge in [-0.05, 0) is 26.2 Å². The molecular weight excluding hydrogens is 196 g/mol. The normalized spacial score (nSPS) is 24.1. The van der Waals surface area contributed by atoms with E-state index >= 15 is 0 Å². The monoisotopic (exact) mass is 216 g/mol. The molecule has 0 spiro atoms. The Morgan fingerprint density at radius 1 is 1.50 bits per heavy atom. The lowest BCUT2D eigenvalue weighted by Crippen LogP contribution is -2.23. The van der Waals surface area contributed by atoms with Crippen molar-refractivity contribution < 1.29 is 4.74 Å². The number of rotatable bonds is 6. The first-order valence-corrected chi connectivity index (χ1v) is 6.24. The van der Waals surface area contributed by atoms with Gasteiger partial charge >= 0.3 is 0 Å². The Hall–Kier alpha value is -0.220. The second kappa shape index (κ2) is 7.12. The molecule has 1 saturated heterocycles. The molecule has 0 saturated carbocycles. The van der Waals surface area contributed by atoms with Crippen LogP contribution in [-0.4, -0.2) is 37.2 Å². The van der Waals surface area contributed by atoms with Crippen LogP contribution in [0.4, 0.5) is 0 Å². The molecule has 14 heavy (non-hydrogen) atoms. The Balaban J connectivity index is 1.97. The minimum absolute atomic E-state index is 0.590. The van der Waals surface area contributed by atoms with Crippen molar-refractivity contribution in [3.05, 3.63) is 0 Å². The summed E-state index contributed by atoms with van der Waals surface area (Å²) in [6.07, 6.45) is 3.53. The summed E-state index contributed by atoms with van der Waals surface area (Å²) in [5, 5.41) is 4.47. The van der Waals surface area contributed by atoms with Gasteiger partial charge in [-0.3, -0.25) is 4.99 Å². The largest absolute Gasteiger partial charge is 0.385 e. The van der Waals surface area contributed by atoms with Crippen molar-refractivity contribution in [1.82, 2.24) is 5.32 Å². The second-order valence-corrected chi connectivity index (χ2v) is 4.61. The molecule has 1 fully saturated rings. The SMILES string of the molecule is COCCCCCN=C1NC(C)CS1. The third-order valence-corrected chi connectivity index (χ3v) is 3.29. The Bertz CT molecular complexity index is 185. The maximum atomic E-state index is 4.98. The summed E-state index contributed by atoms with van der Waals surface area (Å²) >= 11 is 1.83. The van der Waals surface area contributed by atoms with Crippen LogP contribution in [0.25, 0.3) is 0 Å². The molecule has 1 aliphatic rings. The van der Waals surface area contributed by atoms with E-state index < -0.39 is 0 Å². The highest BCUT2D eigenvalue weighted by atomic mass is 32.2. The summed E-state index contributed by atoms with van der Waals surface area (Å²) in [5.74, 6) is 1.16. The highest BCUT2D eigenvalue weighted by Crippen LogP contribution is 2.13. The average Bonchev–Trinajstić information content (AvgIpc) is 2.58. The molecule has 0 aromatic heterocycles. The number of amidine groups is 1. The highest BCUT2D eigenvalue weighted by Gasteiger charge is 2.14. The fraction of sp³-hybridized carbons (Fsp3) is 0.900. The van der Waals surface area contributed by atoms with Crippen LogP contribution in [0.5, 0.6) is 0 Å². The number of thioether (sulfide) groups is 1. The van der Waals surface area contributed by atoms with E-state index in [1.165, 1.54) is 12.8 Å². The first-order chi connectivity index (χ1) is 6.83. The molecule has 1 rings (SSSR count). The van der Waals surface area contributed by atoms with Crippen LogP contribution in [0.3, 0.4) is 0 Å². The van der Waals surface area contributed by atoms with Gasteiger partial charge in [-0.15, -0.1) is 0 Å². The molecule has 0 aromatic carbocycles. The number of nitrogens with zero attached hydrogens (tertiary/aromatic N) is 1. The van der Waals surface area contributed by atoms with E-state index in [2.05, 4.69) is 17.2 Å². The van der Waals surface area contributed by atoms with Crippen LogP contribution in [0.2, 0.25) is 0 Å². The van der Waals surface area contributed by atoms with E-state index in [4.69, 9.17) is 4.74 Å². The first kappa shape index (κ1) is 11.9. The van der Waals surface area contributed by atoms with Crippen LogP contribution in [-0.2, 0) is 4.74 Å². The van der Waals surface area contributed by atoms with Crippen LogP contribution in [0, 0.1) is 0 Å². The molecule has 0 amide bonds.